The van der Waals surface area contributed by atoms with Crippen LogP contribution >= 0.6 is 15.9 Å². The van der Waals surface area contributed by atoms with E-state index < -0.39 is 0 Å². The molecular formula is C17H24BrNO. The van der Waals surface area contributed by atoms with Crippen LogP contribution in [0.1, 0.15) is 55.3 Å². The zero-order valence-corrected chi connectivity index (χ0v) is 13.6. The second-order valence-corrected chi connectivity index (χ2v) is 6.83. The molecule has 1 unspecified atom stereocenters. The molecule has 1 saturated carbocycles. The fourth-order valence-corrected chi connectivity index (χ4v) is 3.35. The van der Waals surface area contributed by atoms with Crippen LogP contribution in [0.2, 0.25) is 0 Å². The number of rotatable bonds is 6. The van der Waals surface area contributed by atoms with Gasteiger partial charge in [-0.3, -0.25) is 4.79 Å². The summed E-state index contributed by atoms with van der Waals surface area (Å²) in [5.41, 5.74) is 1.21. The highest BCUT2D eigenvalue weighted by Gasteiger charge is 2.15. The molecule has 0 bridgehead atoms. The fourth-order valence-electron chi connectivity index (χ4n) is 2.88. The number of carbonyl (C=O) groups excluding carboxylic acids is 1. The first-order valence-electron chi connectivity index (χ1n) is 7.71. The van der Waals surface area contributed by atoms with E-state index in [0.717, 1.165) is 12.3 Å². The molecule has 0 spiro atoms. The molecule has 0 saturated heterocycles. The number of benzene rings is 1. The Morgan fingerprint density at radius 3 is 2.60 bits per heavy atom. The number of hydrogen-bond acceptors (Lipinski definition) is 1. The molecule has 3 heteroatoms. The summed E-state index contributed by atoms with van der Waals surface area (Å²) < 4.78 is 0. The largest absolute Gasteiger partial charge is 0.355 e. The van der Waals surface area contributed by atoms with Crippen LogP contribution in [0.15, 0.2) is 30.3 Å². The van der Waals surface area contributed by atoms with Crippen molar-refractivity contribution in [2.24, 2.45) is 5.92 Å². The average molecular weight is 338 g/mol. The zero-order valence-electron chi connectivity index (χ0n) is 12.0. The third-order valence-electron chi connectivity index (χ3n) is 4.14. The van der Waals surface area contributed by atoms with E-state index in [1.54, 1.807) is 0 Å². The molecule has 1 aromatic carbocycles. The van der Waals surface area contributed by atoms with Crippen molar-refractivity contribution in [2.45, 2.75) is 49.8 Å². The molecule has 1 fully saturated rings. The highest BCUT2D eigenvalue weighted by molar-refractivity contribution is 9.09. The Balaban J connectivity index is 1.64. The molecule has 1 aromatic rings. The number of carbonyl (C=O) groups is 1. The molecule has 1 aliphatic carbocycles. The molecule has 2 nitrogen and oxygen atoms in total. The van der Waals surface area contributed by atoms with Crippen molar-refractivity contribution in [3.05, 3.63) is 35.9 Å². The van der Waals surface area contributed by atoms with Crippen molar-refractivity contribution in [1.82, 2.24) is 5.32 Å². The number of nitrogens with one attached hydrogen (secondary N) is 1. The molecule has 0 aliphatic heterocycles. The van der Waals surface area contributed by atoms with Crippen LogP contribution in [-0.2, 0) is 4.79 Å². The van der Waals surface area contributed by atoms with Crippen molar-refractivity contribution < 1.29 is 4.79 Å². The zero-order chi connectivity index (χ0) is 14.2. The normalized spacial score (nSPS) is 17.6. The first kappa shape index (κ1) is 15.6. The summed E-state index contributed by atoms with van der Waals surface area (Å²) in [6.07, 6.45) is 8.46. The van der Waals surface area contributed by atoms with Crippen LogP contribution in [0.3, 0.4) is 0 Å². The summed E-state index contributed by atoms with van der Waals surface area (Å²) in [4.78, 5) is 12.1. The lowest BCUT2D eigenvalue weighted by Crippen LogP contribution is -2.27. The van der Waals surface area contributed by atoms with Gasteiger partial charge in [0.1, 0.15) is 0 Å². The van der Waals surface area contributed by atoms with Gasteiger partial charge in [-0.25, -0.2) is 0 Å². The van der Waals surface area contributed by atoms with Gasteiger partial charge in [0.25, 0.3) is 0 Å². The molecule has 1 aliphatic rings. The number of hydrogen-bond donors (Lipinski definition) is 1. The fraction of sp³-hybridized carbons (Fsp3) is 0.588. The monoisotopic (exact) mass is 337 g/mol. The Morgan fingerprint density at radius 1 is 1.20 bits per heavy atom. The molecule has 2 rings (SSSR count). The van der Waals surface area contributed by atoms with Gasteiger partial charge in [-0.2, -0.15) is 0 Å². The lowest BCUT2D eigenvalue weighted by molar-refractivity contribution is -0.121. The van der Waals surface area contributed by atoms with E-state index >= 15 is 0 Å². The predicted octanol–water partition coefficient (Wildman–Crippen LogP) is 4.60. The summed E-state index contributed by atoms with van der Waals surface area (Å²) in [6, 6.07) is 10.2. The number of alkyl halides is 1. The van der Waals surface area contributed by atoms with E-state index in [0.29, 0.717) is 13.0 Å². The quantitative estimate of drug-likeness (QED) is 0.755. The Bertz CT molecular complexity index is 401. The van der Waals surface area contributed by atoms with Crippen molar-refractivity contribution in [2.75, 3.05) is 6.54 Å². The minimum atomic E-state index is 0.191. The number of amides is 1. The Morgan fingerprint density at radius 2 is 1.90 bits per heavy atom. The minimum Gasteiger partial charge on any atom is -0.355 e. The smallest absolute Gasteiger partial charge is 0.220 e. The summed E-state index contributed by atoms with van der Waals surface area (Å²) in [5, 5.41) is 3.03. The second-order valence-electron chi connectivity index (χ2n) is 5.73. The van der Waals surface area contributed by atoms with Crippen LogP contribution in [0.5, 0.6) is 0 Å². The molecule has 0 aromatic heterocycles. The maximum Gasteiger partial charge on any atom is 0.220 e. The third-order valence-corrected chi connectivity index (χ3v) is 5.00. The van der Waals surface area contributed by atoms with E-state index in [2.05, 4.69) is 33.4 Å². The van der Waals surface area contributed by atoms with Gasteiger partial charge in [0.05, 0.1) is 4.83 Å². The van der Waals surface area contributed by atoms with Crippen molar-refractivity contribution >= 4 is 21.8 Å². The van der Waals surface area contributed by atoms with Crippen LogP contribution < -0.4 is 5.32 Å². The second kappa shape index (κ2) is 8.46. The standard InChI is InChI=1S/C17H24BrNO/c18-16(15-9-5-2-6-10-15)13-19-17(20)12-11-14-7-3-1-4-8-14/h2,5-6,9-10,14,16H,1,3-4,7-8,11-13H2,(H,19,20). The molecule has 0 heterocycles. The summed E-state index contributed by atoms with van der Waals surface area (Å²) >= 11 is 3.63. The number of halogens is 1. The van der Waals surface area contributed by atoms with Gasteiger partial charge in [-0.15, -0.1) is 0 Å². The first-order valence-corrected chi connectivity index (χ1v) is 8.63. The first-order chi connectivity index (χ1) is 9.75. The maximum atomic E-state index is 11.9. The van der Waals surface area contributed by atoms with Crippen molar-refractivity contribution in [3.8, 4) is 0 Å². The van der Waals surface area contributed by atoms with Crippen LogP contribution in [0.25, 0.3) is 0 Å². The van der Waals surface area contributed by atoms with Gasteiger partial charge in [-0.1, -0.05) is 78.4 Å². The molecular weight excluding hydrogens is 314 g/mol. The average Bonchev–Trinajstić information content (AvgIpc) is 2.52. The maximum absolute atomic E-state index is 11.9. The molecule has 1 N–H and O–H groups in total. The van der Waals surface area contributed by atoms with E-state index in [4.69, 9.17) is 0 Å². The topological polar surface area (TPSA) is 29.1 Å². The lowest BCUT2D eigenvalue weighted by atomic mass is 9.86. The van der Waals surface area contributed by atoms with E-state index in [9.17, 15) is 4.79 Å². The molecule has 20 heavy (non-hydrogen) atoms. The summed E-state index contributed by atoms with van der Waals surface area (Å²) in [5.74, 6) is 0.972. The Hall–Kier alpha value is -0.830. The lowest BCUT2D eigenvalue weighted by Gasteiger charge is -2.21. The van der Waals surface area contributed by atoms with Crippen LogP contribution in [-0.4, -0.2) is 12.5 Å². The Kier molecular flexibility index (Phi) is 6.58. The highest BCUT2D eigenvalue weighted by Crippen LogP contribution is 2.27. The molecule has 1 amide bonds. The minimum absolute atomic E-state index is 0.191. The van der Waals surface area contributed by atoms with Crippen molar-refractivity contribution in [3.63, 3.8) is 0 Å². The van der Waals surface area contributed by atoms with E-state index in [1.165, 1.54) is 37.7 Å². The third kappa shape index (κ3) is 5.28. The molecule has 0 radical (unpaired) electrons. The van der Waals surface area contributed by atoms with Crippen molar-refractivity contribution in [1.29, 1.82) is 0 Å². The van der Waals surface area contributed by atoms with E-state index in [-0.39, 0.29) is 10.7 Å². The van der Waals surface area contributed by atoms with Crippen LogP contribution in [0.4, 0.5) is 0 Å². The van der Waals surface area contributed by atoms with Gasteiger partial charge in [0.2, 0.25) is 5.91 Å². The van der Waals surface area contributed by atoms with Gasteiger partial charge >= 0.3 is 0 Å². The van der Waals surface area contributed by atoms with Gasteiger partial charge in [0.15, 0.2) is 0 Å². The summed E-state index contributed by atoms with van der Waals surface area (Å²) in [6.45, 7) is 0.660. The van der Waals surface area contributed by atoms with E-state index in [1.807, 2.05) is 18.2 Å². The SMILES string of the molecule is O=C(CCC1CCCCC1)NCC(Br)c1ccccc1. The Labute approximate surface area is 130 Å². The summed E-state index contributed by atoms with van der Waals surface area (Å²) in [7, 11) is 0. The highest BCUT2D eigenvalue weighted by atomic mass is 79.9. The van der Waals surface area contributed by atoms with Gasteiger partial charge < -0.3 is 5.32 Å². The van der Waals surface area contributed by atoms with Gasteiger partial charge in [-0.05, 0) is 17.9 Å². The molecule has 1 atom stereocenters. The van der Waals surface area contributed by atoms with Crippen LogP contribution in [0, 0.1) is 5.92 Å². The molecule has 110 valence electrons. The van der Waals surface area contributed by atoms with Gasteiger partial charge in [0, 0.05) is 13.0 Å². The predicted molar refractivity (Wildman–Crippen MR) is 86.9 cm³/mol.